The van der Waals surface area contributed by atoms with Crippen LogP contribution in [0.2, 0.25) is 0 Å². The van der Waals surface area contributed by atoms with Crippen LogP contribution in [0.3, 0.4) is 0 Å². The number of thioether (sulfide) groups is 1. The molecule has 1 aromatic heterocycles. The Morgan fingerprint density at radius 3 is 2.48 bits per heavy atom. The van der Waals surface area contributed by atoms with Gasteiger partial charge in [0.25, 0.3) is 0 Å². The monoisotopic (exact) mass is 361 g/mol. The number of carbonyl (C=O) groups excluding carboxylic acids is 2. The first-order valence-corrected chi connectivity index (χ1v) is 8.73. The van der Waals surface area contributed by atoms with Crippen LogP contribution in [0.5, 0.6) is 0 Å². The molecule has 2 aromatic rings. The Hall–Kier alpha value is -2.48. The number of nitrogens with two attached hydrogens (primary N) is 1. The van der Waals surface area contributed by atoms with Crippen LogP contribution in [0.15, 0.2) is 41.7 Å². The third-order valence-electron chi connectivity index (χ3n) is 3.14. The minimum atomic E-state index is -0.529. The number of carbonyl (C=O) groups is 2. The number of hydrogen-bond donors (Lipinski definition) is 3. The highest BCUT2D eigenvalue weighted by Crippen LogP contribution is 2.25. The van der Waals surface area contributed by atoms with E-state index in [-0.39, 0.29) is 0 Å². The number of benzene rings is 1. The van der Waals surface area contributed by atoms with E-state index in [1.807, 2.05) is 51.1 Å². The van der Waals surface area contributed by atoms with E-state index >= 15 is 0 Å². The predicted molar refractivity (Wildman–Crippen MR) is 99.6 cm³/mol. The van der Waals surface area contributed by atoms with Gasteiger partial charge < -0.3 is 11.2 Å². The highest BCUT2D eigenvalue weighted by molar-refractivity contribution is 8.00. The van der Waals surface area contributed by atoms with E-state index in [0.29, 0.717) is 5.16 Å². The Bertz CT molecular complexity index is 752. The van der Waals surface area contributed by atoms with Gasteiger partial charge in [-0.1, -0.05) is 42.1 Å². The predicted octanol–water partition coefficient (Wildman–Crippen LogP) is 2.37. The molecule has 3 amide bonds. The summed E-state index contributed by atoms with van der Waals surface area (Å²) in [5, 5.41) is 4.98. The lowest BCUT2D eigenvalue weighted by Gasteiger charge is -2.21. The van der Waals surface area contributed by atoms with Gasteiger partial charge >= 0.3 is 6.03 Å². The van der Waals surface area contributed by atoms with Crippen molar-refractivity contribution in [2.45, 2.75) is 43.6 Å². The van der Waals surface area contributed by atoms with E-state index in [0.717, 1.165) is 11.3 Å². The second-order valence-corrected chi connectivity index (χ2v) is 7.94. The first-order valence-electron chi connectivity index (χ1n) is 7.85. The van der Waals surface area contributed by atoms with Crippen LogP contribution in [-0.4, -0.2) is 32.4 Å². The molecule has 4 N–H and O–H groups in total. The molecular formula is C17H23N5O2S. The van der Waals surface area contributed by atoms with E-state index < -0.39 is 22.7 Å². The number of aromatic nitrogens is 2. The van der Waals surface area contributed by atoms with E-state index in [9.17, 15) is 9.59 Å². The number of imidazole rings is 1. The fourth-order valence-corrected chi connectivity index (χ4v) is 2.82. The molecule has 0 bridgehead atoms. The van der Waals surface area contributed by atoms with Crippen molar-refractivity contribution in [1.82, 2.24) is 20.3 Å². The summed E-state index contributed by atoms with van der Waals surface area (Å²) in [7, 11) is 0. The smallest absolute Gasteiger partial charge is 0.321 e. The molecule has 0 spiro atoms. The summed E-state index contributed by atoms with van der Waals surface area (Å²) >= 11 is 1.19. The van der Waals surface area contributed by atoms with E-state index in [4.69, 9.17) is 5.84 Å². The molecule has 1 aromatic carbocycles. The maximum atomic E-state index is 12.2. The topological polar surface area (TPSA) is 102 Å². The number of imide groups is 1. The highest BCUT2D eigenvalue weighted by Gasteiger charge is 2.22. The molecule has 0 aliphatic rings. The molecule has 0 radical (unpaired) electrons. The number of nitrogens with one attached hydrogen (secondary N) is 2. The average Bonchev–Trinajstić information content (AvgIpc) is 2.87. The quantitative estimate of drug-likeness (QED) is 0.573. The third kappa shape index (κ3) is 5.53. The van der Waals surface area contributed by atoms with Gasteiger partial charge in [-0.3, -0.25) is 10.1 Å². The zero-order chi connectivity index (χ0) is 18.6. The lowest BCUT2D eigenvalue weighted by Crippen LogP contribution is -2.49. The van der Waals surface area contributed by atoms with E-state index in [1.165, 1.54) is 16.4 Å². The molecule has 7 nitrogen and oxygen atoms in total. The molecule has 0 aliphatic carbocycles. The molecule has 8 heteroatoms. The van der Waals surface area contributed by atoms with Crippen molar-refractivity contribution in [1.29, 1.82) is 0 Å². The van der Waals surface area contributed by atoms with Gasteiger partial charge in [-0.05, 0) is 27.7 Å². The van der Waals surface area contributed by atoms with Gasteiger partial charge in [0.1, 0.15) is 0 Å². The van der Waals surface area contributed by atoms with E-state index in [2.05, 4.69) is 15.6 Å². The van der Waals surface area contributed by atoms with Gasteiger partial charge in [0.2, 0.25) is 5.91 Å². The fourth-order valence-electron chi connectivity index (χ4n) is 2.01. The average molecular weight is 361 g/mol. The summed E-state index contributed by atoms with van der Waals surface area (Å²) in [5.74, 6) is 5.53. The van der Waals surface area contributed by atoms with Gasteiger partial charge in [-0.15, -0.1) is 0 Å². The Morgan fingerprint density at radius 1 is 1.24 bits per heavy atom. The van der Waals surface area contributed by atoms with Gasteiger partial charge in [-0.25, -0.2) is 14.5 Å². The van der Waals surface area contributed by atoms with Crippen LogP contribution in [0, 0.1) is 0 Å². The summed E-state index contributed by atoms with van der Waals surface area (Å²) in [6.45, 7) is 7.21. The molecule has 1 heterocycles. The molecule has 0 saturated carbocycles. The van der Waals surface area contributed by atoms with Crippen LogP contribution in [0.1, 0.15) is 27.7 Å². The maximum Gasteiger partial charge on any atom is 0.321 e. The van der Waals surface area contributed by atoms with Crippen molar-refractivity contribution in [2.75, 3.05) is 5.84 Å². The first kappa shape index (κ1) is 18.9. The molecule has 0 aliphatic heterocycles. The summed E-state index contributed by atoms with van der Waals surface area (Å²) < 4.78 is 1.38. The zero-order valence-corrected chi connectivity index (χ0v) is 15.6. The second kappa shape index (κ2) is 7.60. The lowest BCUT2D eigenvalue weighted by molar-refractivity contribution is -0.119. The standard InChI is InChI=1S/C17H23N5O2S/c1-11(14(23)20-15(24)21-17(2,3)4)25-16-19-13(10-22(16)18)12-8-6-5-7-9-12/h5-11H,18H2,1-4H3,(H2,20,21,23,24). The largest absolute Gasteiger partial charge is 0.337 e. The summed E-state index contributed by atoms with van der Waals surface area (Å²) in [4.78, 5) is 28.4. The van der Waals surface area contributed by atoms with Crippen molar-refractivity contribution >= 4 is 23.7 Å². The minimum Gasteiger partial charge on any atom is -0.337 e. The summed E-state index contributed by atoms with van der Waals surface area (Å²) in [6, 6.07) is 9.11. The first-order chi connectivity index (χ1) is 11.7. The van der Waals surface area contributed by atoms with Crippen molar-refractivity contribution in [2.24, 2.45) is 0 Å². The normalized spacial score (nSPS) is 12.5. The van der Waals surface area contributed by atoms with Crippen molar-refractivity contribution < 1.29 is 9.59 Å². The number of nitrogen functional groups attached to an aromatic ring is 1. The third-order valence-corrected chi connectivity index (χ3v) is 4.23. The summed E-state index contributed by atoms with van der Waals surface area (Å²) in [5.41, 5.74) is 1.25. The minimum absolute atomic E-state index is 0.406. The Kier molecular flexibility index (Phi) is 5.73. The summed E-state index contributed by atoms with van der Waals surface area (Å²) in [6.07, 6.45) is 1.70. The van der Waals surface area contributed by atoms with Crippen LogP contribution >= 0.6 is 11.8 Å². The number of amides is 3. The van der Waals surface area contributed by atoms with Crippen LogP contribution in [-0.2, 0) is 4.79 Å². The Labute approximate surface area is 151 Å². The Balaban J connectivity index is 2.01. The SMILES string of the molecule is CC(Sc1nc(-c2ccccc2)cn1N)C(=O)NC(=O)NC(C)(C)C. The van der Waals surface area contributed by atoms with Crippen LogP contribution < -0.4 is 16.5 Å². The van der Waals surface area contributed by atoms with Crippen molar-refractivity contribution in [3.8, 4) is 11.3 Å². The fraction of sp³-hybridized carbons (Fsp3) is 0.353. The van der Waals surface area contributed by atoms with Gasteiger partial charge in [-0.2, -0.15) is 0 Å². The number of urea groups is 1. The van der Waals surface area contributed by atoms with Gasteiger partial charge in [0, 0.05) is 11.1 Å². The number of nitrogens with zero attached hydrogens (tertiary/aromatic N) is 2. The molecule has 0 fully saturated rings. The van der Waals surface area contributed by atoms with Crippen LogP contribution in [0.4, 0.5) is 4.79 Å². The molecule has 2 rings (SSSR count). The number of hydrogen-bond acceptors (Lipinski definition) is 5. The molecular weight excluding hydrogens is 338 g/mol. The van der Waals surface area contributed by atoms with Crippen molar-refractivity contribution in [3.63, 3.8) is 0 Å². The zero-order valence-electron chi connectivity index (χ0n) is 14.7. The molecule has 1 unspecified atom stereocenters. The molecule has 25 heavy (non-hydrogen) atoms. The van der Waals surface area contributed by atoms with E-state index in [1.54, 1.807) is 13.1 Å². The molecule has 0 saturated heterocycles. The second-order valence-electron chi connectivity index (χ2n) is 6.64. The van der Waals surface area contributed by atoms with Crippen LogP contribution in [0.25, 0.3) is 11.3 Å². The van der Waals surface area contributed by atoms with Gasteiger partial charge in [0.05, 0.1) is 17.1 Å². The Morgan fingerprint density at radius 2 is 1.88 bits per heavy atom. The van der Waals surface area contributed by atoms with Crippen molar-refractivity contribution in [3.05, 3.63) is 36.5 Å². The molecule has 134 valence electrons. The number of rotatable bonds is 4. The highest BCUT2D eigenvalue weighted by atomic mass is 32.2. The maximum absolute atomic E-state index is 12.2. The van der Waals surface area contributed by atoms with Gasteiger partial charge in [0.15, 0.2) is 5.16 Å². The molecule has 1 atom stereocenters. The lowest BCUT2D eigenvalue weighted by atomic mass is 10.1.